The van der Waals surface area contributed by atoms with E-state index in [-0.39, 0.29) is 5.69 Å². The molecule has 112 valence electrons. The minimum atomic E-state index is -0.438. The molecule has 0 aliphatic rings. The lowest BCUT2D eigenvalue weighted by molar-refractivity contribution is 0.0521. The third-order valence-corrected chi connectivity index (χ3v) is 3.90. The molecule has 0 spiro atoms. The van der Waals surface area contributed by atoms with E-state index in [1.165, 1.54) is 11.3 Å². The highest BCUT2D eigenvalue weighted by Crippen LogP contribution is 2.28. The van der Waals surface area contributed by atoms with Crippen LogP contribution in [0.1, 0.15) is 23.0 Å². The number of hydrogen-bond acceptors (Lipinski definition) is 6. The second-order valence-electron chi connectivity index (χ2n) is 4.02. The number of methoxy groups -OCH3 is 1. The van der Waals surface area contributed by atoms with E-state index < -0.39 is 5.97 Å². The molecule has 0 fully saturated rings. The van der Waals surface area contributed by atoms with Gasteiger partial charge in [0, 0.05) is 17.1 Å². The molecule has 2 rings (SSSR count). The summed E-state index contributed by atoms with van der Waals surface area (Å²) in [6, 6.07) is 5.45. The van der Waals surface area contributed by atoms with Gasteiger partial charge in [-0.05, 0) is 19.1 Å². The number of carbonyl (C=O) groups is 1. The molecule has 1 aromatic heterocycles. The Kier molecular flexibility index (Phi) is 5.41. The molecule has 1 N–H and O–H groups in total. The van der Waals surface area contributed by atoms with Crippen LogP contribution in [-0.4, -0.2) is 24.7 Å². The van der Waals surface area contributed by atoms with E-state index in [9.17, 15) is 4.79 Å². The first kappa shape index (κ1) is 15.6. The molecule has 0 atom stereocenters. The molecule has 5 nitrogen and oxygen atoms in total. The second kappa shape index (κ2) is 7.28. The van der Waals surface area contributed by atoms with Crippen LogP contribution in [0.15, 0.2) is 23.7 Å². The van der Waals surface area contributed by atoms with E-state index in [0.717, 1.165) is 5.56 Å². The Bertz CT molecular complexity index is 630. The zero-order chi connectivity index (χ0) is 15.2. The summed E-state index contributed by atoms with van der Waals surface area (Å²) >= 11 is 7.51. The van der Waals surface area contributed by atoms with Crippen LogP contribution in [0.5, 0.6) is 5.75 Å². The first-order valence-electron chi connectivity index (χ1n) is 6.33. The van der Waals surface area contributed by atoms with Crippen molar-refractivity contribution in [2.45, 2.75) is 13.5 Å². The van der Waals surface area contributed by atoms with Gasteiger partial charge in [0.2, 0.25) is 0 Å². The van der Waals surface area contributed by atoms with Crippen LogP contribution in [0, 0.1) is 0 Å². The highest BCUT2D eigenvalue weighted by atomic mass is 35.5. The summed E-state index contributed by atoms with van der Waals surface area (Å²) < 4.78 is 10.2. The van der Waals surface area contributed by atoms with Crippen LogP contribution in [0.4, 0.5) is 5.00 Å². The molecule has 1 heterocycles. The van der Waals surface area contributed by atoms with Gasteiger partial charge in [-0.3, -0.25) is 0 Å². The van der Waals surface area contributed by atoms with Gasteiger partial charge in [-0.1, -0.05) is 17.7 Å². The van der Waals surface area contributed by atoms with Crippen LogP contribution in [-0.2, 0) is 11.3 Å². The molecule has 0 saturated heterocycles. The fourth-order valence-corrected chi connectivity index (χ4v) is 2.69. The molecule has 7 heteroatoms. The minimum absolute atomic E-state index is 0.285. The van der Waals surface area contributed by atoms with Crippen molar-refractivity contribution in [2.75, 3.05) is 19.0 Å². The van der Waals surface area contributed by atoms with Crippen LogP contribution >= 0.6 is 22.9 Å². The molecule has 0 amide bonds. The second-order valence-corrected chi connectivity index (χ2v) is 5.29. The highest BCUT2D eigenvalue weighted by molar-refractivity contribution is 7.14. The Morgan fingerprint density at radius 1 is 1.48 bits per heavy atom. The Morgan fingerprint density at radius 3 is 3.00 bits per heavy atom. The van der Waals surface area contributed by atoms with Crippen LogP contribution in [0.3, 0.4) is 0 Å². The summed E-state index contributed by atoms with van der Waals surface area (Å²) in [6.07, 6.45) is 0. The SMILES string of the molecule is CCOC(=O)c1ncsc1NCc1c(Cl)cccc1OC. The van der Waals surface area contributed by atoms with Crippen molar-refractivity contribution in [2.24, 2.45) is 0 Å². The van der Waals surface area contributed by atoms with Gasteiger partial charge >= 0.3 is 5.97 Å². The monoisotopic (exact) mass is 326 g/mol. The smallest absolute Gasteiger partial charge is 0.360 e. The van der Waals surface area contributed by atoms with Crippen molar-refractivity contribution in [1.29, 1.82) is 0 Å². The molecule has 1 aromatic carbocycles. The summed E-state index contributed by atoms with van der Waals surface area (Å²) in [4.78, 5) is 15.8. The van der Waals surface area contributed by atoms with Crippen LogP contribution in [0.2, 0.25) is 5.02 Å². The molecule has 2 aromatic rings. The van der Waals surface area contributed by atoms with Gasteiger partial charge in [0.1, 0.15) is 10.8 Å². The van der Waals surface area contributed by atoms with E-state index in [2.05, 4.69) is 10.3 Å². The van der Waals surface area contributed by atoms with Crippen molar-refractivity contribution in [3.8, 4) is 5.75 Å². The molecular weight excluding hydrogens is 312 g/mol. The van der Waals surface area contributed by atoms with Crippen molar-refractivity contribution < 1.29 is 14.3 Å². The number of carbonyl (C=O) groups excluding carboxylic acids is 1. The molecule has 0 saturated carbocycles. The fraction of sp³-hybridized carbons (Fsp3) is 0.286. The molecule has 0 aliphatic heterocycles. The zero-order valence-electron chi connectivity index (χ0n) is 11.7. The summed E-state index contributed by atoms with van der Waals surface area (Å²) in [5.74, 6) is 0.254. The summed E-state index contributed by atoms with van der Waals surface area (Å²) in [5.41, 5.74) is 2.70. The van der Waals surface area contributed by atoms with Crippen molar-refractivity contribution in [3.05, 3.63) is 40.0 Å². The van der Waals surface area contributed by atoms with Crippen molar-refractivity contribution in [1.82, 2.24) is 4.98 Å². The first-order chi connectivity index (χ1) is 10.2. The van der Waals surface area contributed by atoms with Gasteiger partial charge in [0.25, 0.3) is 0 Å². The molecule has 0 radical (unpaired) electrons. The molecule has 21 heavy (non-hydrogen) atoms. The Balaban J connectivity index is 2.14. The number of aromatic nitrogens is 1. The summed E-state index contributed by atoms with van der Waals surface area (Å²) in [5, 5.41) is 4.40. The average molecular weight is 327 g/mol. The lowest BCUT2D eigenvalue weighted by Crippen LogP contribution is -2.09. The van der Waals surface area contributed by atoms with Gasteiger partial charge in [-0.25, -0.2) is 9.78 Å². The Morgan fingerprint density at radius 2 is 2.29 bits per heavy atom. The van der Waals surface area contributed by atoms with Crippen LogP contribution < -0.4 is 10.1 Å². The molecule has 0 bridgehead atoms. The number of halogens is 1. The molecular formula is C14H15ClN2O3S. The maximum Gasteiger partial charge on any atom is 0.360 e. The maximum atomic E-state index is 11.8. The molecule has 0 unspecified atom stereocenters. The molecule has 0 aliphatic carbocycles. The number of benzene rings is 1. The summed E-state index contributed by atoms with van der Waals surface area (Å²) in [6.45, 7) is 2.50. The van der Waals surface area contributed by atoms with Crippen LogP contribution in [0.25, 0.3) is 0 Å². The third kappa shape index (κ3) is 3.65. The van der Waals surface area contributed by atoms with E-state index in [1.807, 2.05) is 12.1 Å². The number of hydrogen-bond donors (Lipinski definition) is 1. The number of anilines is 1. The van der Waals surface area contributed by atoms with Gasteiger partial charge in [0.15, 0.2) is 5.69 Å². The number of nitrogens with zero attached hydrogens (tertiary/aromatic N) is 1. The Hall–Kier alpha value is -1.79. The maximum absolute atomic E-state index is 11.8. The number of esters is 1. The number of nitrogens with one attached hydrogen (secondary N) is 1. The Labute approximate surface area is 131 Å². The highest BCUT2D eigenvalue weighted by Gasteiger charge is 2.16. The van der Waals surface area contributed by atoms with E-state index in [0.29, 0.717) is 28.9 Å². The number of ether oxygens (including phenoxy) is 2. The predicted molar refractivity (Wildman–Crippen MR) is 83.4 cm³/mol. The minimum Gasteiger partial charge on any atom is -0.496 e. The van der Waals surface area contributed by atoms with E-state index in [1.54, 1.807) is 25.6 Å². The van der Waals surface area contributed by atoms with E-state index in [4.69, 9.17) is 21.1 Å². The van der Waals surface area contributed by atoms with Gasteiger partial charge < -0.3 is 14.8 Å². The fourth-order valence-electron chi connectivity index (χ4n) is 1.79. The van der Waals surface area contributed by atoms with Gasteiger partial charge in [0.05, 0.1) is 19.2 Å². The zero-order valence-corrected chi connectivity index (χ0v) is 13.3. The predicted octanol–water partition coefficient (Wildman–Crippen LogP) is 3.59. The van der Waals surface area contributed by atoms with E-state index >= 15 is 0 Å². The average Bonchev–Trinajstić information content (AvgIpc) is 2.94. The lowest BCUT2D eigenvalue weighted by Gasteiger charge is -2.11. The van der Waals surface area contributed by atoms with Crippen molar-refractivity contribution >= 4 is 33.9 Å². The number of thiazole rings is 1. The first-order valence-corrected chi connectivity index (χ1v) is 7.59. The standard InChI is InChI=1S/C14H15ClN2O3S/c1-3-20-14(18)12-13(21-8-17-12)16-7-9-10(15)5-4-6-11(9)19-2/h4-6,8,16H,3,7H2,1-2H3. The largest absolute Gasteiger partial charge is 0.496 e. The van der Waals surface area contributed by atoms with Gasteiger partial charge in [-0.15, -0.1) is 11.3 Å². The number of rotatable bonds is 6. The third-order valence-electron chi connectivity index (χ3n) is 2.76. The quantitative estimate of drug-likeness (QED) is 0.822. The van der Waals surface area contributed by atoms with Gasteiger partial charge in [-0.2, -0.15) is 0 Å². The normalized spacial score (nSPS) is 10.2. The summed E-state index contributed by atoms with van der Waals surface area (Å²) in [7, 11) is 1.59. The lowest BCUT2D eigenvalue weighted by atomic mass is 10.2. The topological polar surface area (TPSA) is 60.5 Å². The van der Waals surface area contributed by atoms with Crippen molar-refractivity contribution in [3.63, 3.8) is 0 Å².